The Kier molecular flexibility index (Phi) is 3.31. The molecule has 16 heavy (non-hydrogen) atoms. The molecule has 0 bridgehead atoms. The Morgan fingerprint density at radius 1 is 1.38 bits per heavy atom. The van der Waals surface area contributed by atoms with Crippen molar-refractivity contribution in [3.05, 3.63) is 29.8 Å². The summed E-state index contributed by atoms with van der Waals surface area (Å²) < 4.78 is 5.15. The fourth-order valence-electron chi connectivity index (χ4n) is 1.63. The molecule has 1 saturated heterocycles. The molecule has 1 fully saturated rings. The summed E-state index contributed by atoms with van der Waals surface area (Å²) in [5.74, 6) is -0.0675. The van der Waals surface area contributed by atoms with Gasteiger partial charge in [-0.1, -0.05) is 0 Å². The molecule has 4 heteroatoms. The zero-order valence-electron chi connectivity index (χ0n) is 8.81. The molecule has 1 heterocycles. The fraction of sp³-hybridized carbons (Fsp3) is 0.333. The summed E-state index contributed by atoms with van der Waals surface area (Å²) in [4.78, 5) is 22.2. The largest absolute Gasteiger partial charge is 0.381 e. The summed E-state index contributed by atoms with van der Waals surface area (Å²) >= 11 is 0. The van der Waals surface area contributed by atoms with E-state index >= 15 is 0 Å². The molecule has 1 aromatic rings. The molecule has 0 spiro atoms. The molecule has 4 nitrogen and oxygen atoms in total. The van der Waals surface area contributed by atoms with Gasteiger partial charge in [-0.15, -0.1) is 0 Å². The number of anilines is 1. The molecule has 0 saturated carbocycles. The number of carbonyl (C=O) groups is 2. The zero-order valence-corrected chi connectivity index (χ0v) is 8.81. The van der Waals surface area contributed by atoms with E-state index in [1.165, 1.54) is 0 Å². The standard InChI is InChI=1S/C12H13NO3/c14-7-9-1-3-11(4-2-9)13-12(15)10-5-6-16-8-10/h1-4,7,10H,5-6,8H2,(H,13,15). The van der Waals surface area contributed by atoms with Gasteiger partial charge in [0.1, 0.15) is 6.29 Å². The van der Waals surface area contributed by atoms with E-state index in [0.717, 1.165) is 12.7 Å². The van der Waals surface area contributed by atoms with Crippen LogP contribution in [0.25, 0.3) is 0 Å². The average Bonchev–Trinajstić information content (AvgIpc) is 2.83. The molecule has 0 aliphatic carbocycles. The summed E-state index contributed by atoms with van der Waals surface area (Å²) in [5, 5.41) is 2.80. The molecule has 1 aliphatic rings. The maximum atomic E-state index is 11.7. The lowest BCUT2D eigenvalue weighted by Gasteiger charge is -2.09. The summed E-state index contributed by atoms with van der Waals surface area (Å²) in [6.07, 6.45) is 1.55. The van der Waals surface area contributed by atoms with E-state index in [1.807, 2.05) is 0 Å². The third kappa shape index (κ3) is 2.46. The molecule has 0 radical (unpaired) electrons. The molecular formula is C12H13NO3. The number of benzene rings is 1. The minimum absolute atomic E-state index is 0.0173. The van der Waals surface area contributed by atoms with Gasteiger partial charge in [-0.05, 0) is 30.7 Å². The van der Waals surface area contributed by atoms with Crippen LogP contribution in [0.15, 0.2) is 24.3 Å². The predicted octanol–water partition coefficient (Wildman–Crippen LogP) is 1.47. The van der Waals surface area contributed by atoms with Gasteiger partial charge in [0.2, 0.25) is 5.91 Å². The van der Waals surface area contributed by atoms with Crippen LogP contribution in [-0.2, 0) is 9.53 Å². The van der Waals surface area contributed by atoms with E-state index in [4.69, 9.17) is 4.74 Å². The van der Waals surface area contributed by atoms with E-state index in [-0.39, 0.29) is 11.8 Å². The highest BCUT2D eigenvalue weighted by Gasteiger charge is 2.23. The van der Waals surface area contributed by atoms with Gasteiger partial charge in [-0.2, -0.15) is 0 Å². The number of rotatable bonds is 3. The summed E-state index contributed by atoms with van der Waals surface area (Å²) in [5.41, 5.74) is 1.31. The Bertz CT molecular complexity index is 380. The molecule has 1 N–H and O–H groups in total. The van der Waals surface area contributed by atoms with E-state index in [1.54, 1.807) is 24.3 Å². The van der Waals surface area contributed by atoms with Crippen LogP contribution in [0.4, 0.5) is 5.69 Å². The highest BCUT2D eigenvalue weighted by Crippen LogP contribution is 2.16. The van der Waals surface area contributed by atoms with Gasteiger partial charge in [0.25, 0.3) is 0 Å². The van der Waals surface area contributed by atoms with Crippen molar-refractivity contribution in [1.29, 1.82) is 0 Å². The second-order valence-electron chi connectivity index (χ2n) is 3.79. The molecule has 1 amide bonds. The number of ether oxygens (including phenoxy) is 1. The number of hydrogen-bond acceptors (Lipinski definition) is 3. The molecule has 1 aromatic carbocycles. The van der Waals surface area contributed by atoms with Crippen LogP contribution < -0.4 is 5.32 Å². The van der Waals surface area contributed by atoms with Crippen LogP contribution in [0.3, 0.4) is 0 Å². The smallest absolute Gasteiger partial charge is 0.229 e. The topological polar surface area (TPSA) is 55.4 Å². The first-order chi connectivity index (χ1) is 7.79. The molecule has 84 valence electrons. The van der Waals surface area contributed by atoms with Gasteiger partial charge in [-0.25, -0.2) is 0 Å². The quantitative estimate of drug-likeness (QED) is 0.783. The van der Waals surface area contributed by atoms with Gasteiger partial charge in [-0.3, -0.25) is 9.59 Å². The van der Waals surface area contributed by atoms with Crippen LogP contribution in [0.2, 0.25) is 0 Å². The summed E-state index contributed by atoms with van der Waals surface area (Å²) in [6.45, 7) is 1.15. The Labute approximate surface area is 93.6 Å². The highest BCUT2D eigenvalue weighted by molar-refractivity contribution is 5.93. The third-order valence-electron chi connectivity index (χ3n) is 2.61. The molecule has 1 aliphatic heterocycles. The van der Waals surface area contributed by atoms with Crippen LogP contribution in [0.1, 0.15) is 16.8 Å². The van der Waals surface area contributed by atoms with Crippen molar-refractivity contribution in [3.8, 4) is 0 Å². The monoisotopic (exact) mass is 219 g/mol. The number of amides is 1. The molecule has 0 aromatic heterocycles. The minimum atomic E-state index is -0.0502. The van der Waals surface area contributed by atoms with Crippen molar-refractivity contribution >= 4 is 17.9 Å². The normalized spacial score (nSPS) is 19.4. The van der Waals surface area contributed by atoms with Crippen molar-refractivity contribution in [2.75, 3.05) is 18.5 Å². The second-order valence-corrected chi connectivity index (χ2v) is 3.79. The predicted molar refractivity (Wildman–Crippen MR) is 59.4 cm³/mol. The Morgan fingerprint density at radius 3 is 2.69 bits per heavy atom. The average molecular weight is 219 g/mol. The first kappa shape index (κ1) is 10.8. The number of nitrogens with one attached hydrogen (secondary N) is 1. The molecule has 1 unspecified atom stereocenters. The first-order valence-electron chi connectivity index (χ1n) is 5.23. The first-order valence-corrected chi connectivity index (χ1v) is 5.23. The van der Waals surface area contributed by atoms with E-state index in [0.29, 0.717) is 24.5 Å². The highest BCUT2D eigenvalue weighted by atomic mass is 16.5. The van der Waals surface area contributed by atoms with Crippen molar-refractivity contribution in [2.45, 2.75) is 6.42 Å². The number of hydrogen-bond donors (Lipinski definition) is 1. The third-order valence-corrected chi connectivity index (χ3v) is 2.61. The van der Waals surface area contributed by atoms with Gasteiger partial charge in [0.05, 0.1) is 12.5 Å². The van der Waals surface area contributed by atoms with Gasteiger partial charge in [0.15, 0.2) is 0 Å². The molecule has 2 rings (SSSR count). The van der Waals surface area contributed by atoms with Gasteiger partial charge >= 0.3 is 0 Å². The van der Waals surface area contributed by atoms with E-state index in [9.17, 15) is 9.59 Å². The lowest BCUT2D eigenvalue weighted by atomic mass is 10.1. The second kappa shape index (κ2) is 4.90. The lowest BCUT2D eigenvalue weighted by Crippen LogP contribution is -2.22. The summed E-state index contributed by atoms with van der Waals surface area (Å²) in [6, 6.07) is 6.79. The van der Waals surface area contributed by atoms with Gasteiger partial charge < -0.3 is 10.1 Å². The van der Waals surface area contributed by atoms with Crippen molar-refractivity contribution in [1.82, 2.24) is 0 Å². The maximum Gasteiger partial charge on any atom is 0.229 e. The lowest BCUT2D eigenvalue weighted by molar-refractivity contribution is -0.119. The Morgan fingerprint density at radius 2 is 2.12 bits per heavy atom. The van der Waals surface area contributed by atoms with Crippen LogP contribution in [0, 0.1) is 5.92 Å². The molecular weight excluding hydrogens is 206 g/mol. The Balaban J connectivity index is 1.97. The zero-order chi connectivity index (χ0) is 11.4. The molecule has 1 atom stereocenters. The number of carbonyl (C=O) groups excluding carboxylic acids is 2. The van der Waals surface area contributed by atoms with E-state index < -0.39 is 0 Å². The van der Waals surface area contributed by atoms with Crippen molar-refractivity contribution in [2.24, 2.45) is 5.92 Å². The Hall–Kier alpha value is -1.68. The summed E-state index contributed by atoms with van der Waals surface area (Å²) in [7, 11) is 0. The number of aldehydes is 1. The van der Waals surface area contributed by atoms with Crippen LogP contribution in [0.5, 0.6) is 0 Å². The van der Waals surface area contributed by atoms with Gasteiger partial charge in [0, 0.05) is 17.9 Å². The minimum Gasteiger partial charge on any atom is -0.381 e. The SMILES string of the molecule is O=Cc1ccc(NC(=O)C2CCOC2)cc1. The maximum absolute atomic E-state index is 11.7. The fourth-order valence-corrected chi connectivity index (χ4v) is 1.63. The van der Waals surface area contributed by atoms with Crippen molar-refractivity contribution in [3.63, 3.8) is 0 Å². The van der Waals surface area contributed by atoms with Crippen molar-refractivity contribution < 1.29 is 14.3 Å². The van der Waals surface area contributed by atoms with Crippen LogP contribution in [-0.4, -0.2) is 25.4 Å². The van der Waals surface area contributed by atoms with Crippen LogP contribution >= 0.6 is 0 Å². The van der Waals surface area contributed by atoms with E-state index in [2.05, 4.69) is 5.32 Å².